The number of aliphatic hydroxyl groups excluding tert-OH is 2. The first-order valence-corrected chi connectivity index (χ1v) is 8.53. The van der Waals surface area contributed by atoms with Crippen LogP contribution in [-0.4, -0.2) is 40.0 Å². The van der Waals surface area contributed by atoms with Crippen molar-refractivity contribution < 1.29 is 19.8 Å². The molecule has 2 N–H and O–H groups in total. The summed E-state index contributed by atoms with van der Waals surface area (Å²) in [4.78, 5) is 26.3. The molecule has 2 aromatic carbocycles. The Bertz CT molecular complexity index is 872. The zero-order chi connectivity index (χ0) is 18.8. The summed E-state index contributed by atoms with van der Waals surface area (Å²) in [6.45, 7) is 1.65. The first-order chi connectivity index (χ1) is 12.4. The number of likely N-dealkylation sites (tertiary alicyclic amines) is 1. The summed E-state index contributed by atoms with van der Waals surface area (Å²) in [5.74, 6) is -1.76. The van der Waals surface area contributed by atoms with Crippen LogP contribution in [0.5, 0.6) is 0 Å². The topological polar surface area (TPSA) is 77.8 Å². The lowest BCUT2D eigenvalue weighted by Crippen LogP contribution is -2.32. The summed E-state index contributed by atoms with van der Waals surface area (Å²) < 4.78 is 0. The molecule has 1 amide bonds. The number of aryl methyl sites for hydroxylation is 1. The van der Waals surface area contributed by atoms with Gasteiger partial charge in [-0.1, -0.05) is 41.4 Å². The third-order valence-electron chi connectivity index (χ3n) is 4.39. The predicted molar refractivity (Wildman–Crippen MR) is 98.7 cm³/mol. The summed E-state index contributed by atoms with van der Waals surface area (Å²) in [5.41, 5.74) is 2.13. The van der Waals surface area contributed by atoms with Gasteiger partial charge in [0.05, 0.1) is 18.2 Å². The van der Waals surface area contributed by atoms with Crippen molar-refractivity contribution in [3.63, 3.8) is 0 Å². The van der Waals surface area contributed by atoms with Gasteiger partial charge in [0.25, 0.3) is 11.7 Å². The Morgan fingerprint density at radius 1 is 1.08 bits per heavy atom. The number of hydrogen-bond acceptors (Lipinski definition) is 4. The number of amides is 1. The highest BCUT2D eigenvalue weighted by atomic mass is 35.5. The summed E-state index contributed by atoms with van der Waals surface area (Å²) in [6.07, 6.45) is 0. The summed E-state index contributed by atoms with van der Waals surface area (Å²) in [7, 11) is 0. The average Bonchev–Trinajstić information content (AvgIpc) is 2.88. The van der Waals surface area contributed by atoms with Crippen LogP contribution in [-0.2, 0) is 9.59 Å². The predicted octanol–water partition coefficient (Wildman–Crippen LogP) is 3.06. The van der Waals surface area contributed by atoms with Gasteiger partial charge in [0.15, 0.2) is 0 Å². The van der Waals surface area contributed by atoms with Gasteiger partial charge >= 0.3 is 0 Å². The maximum atomic E-state index is 12.6. The molecule has 134 valence electrons. The van der Waals surface area contributed by atoms with E-state index < -0.39 is 17.7 Å². The third-order valence-corrected chi connectivity index (χ3v) is 4.64. The molecule has 6 heteroatoms. The van der Waals surface area contributed by atoms with Gasteiger partial charge in [-0.3, -0.25) is 9.59 Å². The number of nitrogens with zero attached hydrogens (tertiary/aromatic N) is 1. The Morgan fingerprint density at radius 2 is 1.69 bits per heavy atom. The molecule has 1 unspecified atom stereocenters. The molecule has 0 saturated carbocycles. The molecule has 0 radical (unpaired) electrons. The molecule has 26 heavy (non-hydrogen) atoms. The number of rotatable bonds is 4. The van der Waals surface area contributed by atoms with E-state index in [4.69, 9.17) is 11.6 Å². The number of benzene rings is 2. The number of Topliss-reactive ketones (excluding diaryl/α,β-unsaturated/α-hetero) is 1. The molecule has 0 aromatic heterocycles. The number of ketones is 1. The molecule has 0 aliphatic carbocycles. The highest BCUT2D eigenvalue weighted by Crippen LogP contribution is 2.39. The lowest BCUT2D eigenvalue weighted by atomic mass is 9.95. The fraction of sp³-hybridized carbons (Fsp3) is 0.200. The van der Waals surface area contributed by atoms with E-state index >= 15 is 0 Å². The Morgan fingerprint density at radius 3 is 2.27 bits per heavy atom. The van der Waals surface area contributed by atoms with Crippen LogP contribution in [0.3, 0.4) is 0 Å². The fourth-order valence-electron chi connectivity index (χ4n) is 3.08. The average molecular weight is 372 g/mol. The van der Waals surface area contributed by atoms with E-state index in [1.165, 1.54) is 4.90 Å². The lowest BCUT2D eigenvalue weighted by molar-refractivity contribution is -0.140. The second-order valence-corrected chi connectivity index (χ2v) is 6.57. The molecule has 2 aromatic rings. The summed E-state index contributed by atoms with van der Waals surface area (Å²) >= 11 is 5.88. The van der Waals surface area contributed by atoms with Gasteiger partial charge in [-0.15, -0.1) is 0 Å². The van der Waals surface area contributed by atoms with Gasteiger partial charge in [0, 0.05) is 17.1 Å². The Labute approximate surface area is 156 Å². The van der Waals surface area contributed by atoms with Crippen molar-refractivity contribution in [3.8, 4) is 0 Å². The van der Waals surface area contributed by atoms with Gasteiger partial charge in [0.1, 0.15) is 5.76 Å². The van der Waals surface area contributed by atoms with Crippen molar-refractivity contribution in [1.29, 1.82) is 0 Å². The minimum atomic E-state index is -0.767. The van der Waals surface area contributed by atoms with Crippen LogP contribution in [0.15, 0.2) is 54.1 Å². The molecule has 1 aliphatic heterocycles. The van der Waals surface area contributed by atoms with Gasteiger partial charge in [-0.05, 0) is 36.8 Å². The summed E-state index contributed by atoms with van der Waals surface area (Å²) in [6, 6.07) is 13.0. The van der Waals surface area contributed by atoms with E-state index in [-0.39, 0.29) is 24.5 Å². The maximum absolute atomic E-state index is 12.6. The first kappa shape index (κ1) is 18.2. The highest BCUT2D eigenvalue weighted by molar-refractivity contribution is 6.46. The van der Waals surface area contributed by atoms with Crippen LogP contribution in [0.25, 0.3) is 5.76 Å². The van der Waals surface area contributed by atoms with Crippen LogP contribution >= 0.6 is 11.6 Å². The molecular formula is C20H18ClNO4. The van der Waals surface area contributed by atoms with Gasteiger partial charge in [-0.25, -0.2) is 0 Å². The van der Waals surface area contributed by atoms with Crippen LogP contribution in [0.2, 0.25) is 5.02 Å². The van der Waals surface area contributed by atoms with E-state index in [0.717, 1.165) is 5.56 Å². The molecule has 5 nitrogen and oxygen atoms in total. The number of aliphatic hydroxyl groups is 2. The monoisotopic (exact) mass is 371 g/mol. The second-order valence-electron chi connectivity index (χ2n) is 6.13. The minimum Gasteiger partial charge on any atom is -0.507 e. The van der Waals surface area contributed by atoms with Crippen molar-refractivity contribution in [2.24, 2.45) is 0 Å². The number of carbonyl (C=O) groups is 2. The molecular weight excluding hydrogens is 354 g/mol. The highest BCUT2D eigenvalue weighted by Gasteiger charge is 2.45. The minimum absolute atomic E-state index is 0.000510. The second kappa shape index (κ2) is 7.32. The SMILES string of the molecule is Cc1ccc(C2C(=C(O)c3ccc(Cl)cc3)C(=O)C(=O)N2CCO)cc1. The number of halogens is 1. The molecule has 1 saturated heterocycles. The van der Waals surface area contributed by atoms with Crippen molar-refractivity contribution >= 4 is 29.1 Å². The van der Waals surface area contributed by atoms with Crippen LogP contribution < -0.4 is 0 Å². The molecule has 0 bridgehead atoms. The van der Waals surface area contributed by atoms with Crippen LogP contribution in [0.1, 0.15) is 22.7 Å². The van der Waals surface area contributed by atoms with Crippen molar-refractivity contribution in [3.05, 3.63) is 75.8 Å². The van der Waals surface area contributed by atoms with E-state index in [0.29, 0.717) is 16.1 Å². The van der Waals surface area contributed by atoms with Crippen molar-refractivity contribution in [2.45, 2.75) is 13.0 Å². The zero-order valence-corrected chi connectivity index (χ0v) is 14.9. The van der Waals surface area contributed by atoms with E-state index in [1.807, 2.05) is 31.2 Å². The quantitative estimate of drug-likeness (QED) is 0.492. The normalized spacial score (nSPS) is 19.2. The standard InChI is InChI=1S/C20H18ClNO4/c1-12-2-4-13(5-3-12)17-16(19(25)20(26)22(17)10-11-23)18(24)14-6-8-15(21)9-7-14/h2-9,17,23-24H,10-11H2,1H3. The van der Waals surface area contributed by atoms with E-state index in [2.05, 4.69) is 0 Å². The Balaban J connectivity index is 2.17. The molecule has 1 heterocycles. The maximum Gasteiger partial charge on any atom is 0.295 e. The zero-order valence-electron chi connectivity index (χ0n) is 14.1. The van der Waals surface area contributed by atoms with E-state index in [1.54, 1.807) is 24.3 Å². The summed E-state index contributed by atoms with van der Waals surface area (Å²) in [5, 5.41) is 20.6. The largest absolute Gasteiger partial charge is 0.507 e. The van der Waals surface area contributed by atoms with Gasteiger partial charge in [0.2, 0.25) is 0 Å². The van der Waals surface area contributed by atoms with Gasteiger partial charge < -0.3 is 15.1 Å². The number of hydrogen-bond donors (Lipinski definition) is 2. The Hall–Kier alpha value is -2.63. The van der Waals surface area contributed by atoms with Crippen molar-refractivity contribution in [1.82, 2.24) is 4.90 Å². The number of carbonyl (C=O) groups excluding carboxylic acids is 2. The molecule has 0 spiro atoms. The molecule has 3 rings (SSSR count). The smallest absolute Gasteiger partial charge is 0.295 e. The fourth-order valence-corrected chi connectivity index (χ4v) is 3.20. The molecule has 1 atom stereocenters. The first-order valence-electron chi connectivity index (χ1n) is 8.16. The molecule has 1 aliphatic rings. The van der Waals surface area contributed by atoms with Gasteiger partial charge in [-0.2, -0.15) is 0 Å². The van der Waals surface area contributed by atoms with E-state index in [9.17, 15) is 19.8 Å². The molecule has 1 fully saturated rings. The third kappa shape index (κ3) is 3.23. The van der Waals surface area contributed by atoms with Crippen LogP contribution in [0.4, 0.5) is 0 Å². The Kier molecular flexibility index (Phi) is 5.11. The van der Waals surface area contributed by atoms with Crippen molar-refractivity contribution in [2.75, 3.05) is 13.2 Å². The number of β-amino-alcohol motifs (C(OH)–C–C–N with tert-alkyl or cyclic N) is 1. The lowest BCUT2D eigenvalue weighted by Gasteiger charge is -2.24. The van der Waals surface area contributed by atoms with Crippen LogP contribution in [0, 0.1) is 6.92 Å².